The summed E-state index contributed by atoms with van der Waals surface area (Å²) in [6.45, 7) is 8.01. The highest BCUT2D eigenvalue weighted by atomic mass is 15.1. The van der Waals surface area contributed by atoms with E-state index in [1.165, 1.54) is 18.4 Å². The fourth-order valence-corrected chi connectivity index (χ4v) is 3.12. The zero-order valence-electron chi connectivity index (χ0n) is 13.0. The molecule has 0 saturated heterocycles. The van der Waals surface area contributed by atoms with Crippen LogP contribution in [0.3, 0.4) is 0 Å². The van der Waals surface area contributed by atoms with Gasteiger partial charge in [0, 0.05) is 13.6 Å². The molecule has 0 aliphatic heterocycles. The van der Waals surface area contributed by atoms with Gasteiger partial charge in [0.1, 0.15) is 5.82 Å². The van der Waals surface area contributed by atoms with Crippen LogP contribution in [0.5, 0.6) is 0 Å². The summed E-state index contributed by atoms with van der Waals surface area (Å²) in [6, 6.07) is 8.64. The lowest BCUT2D eigenvalue weighted by molar-refractivity contribution is 0.321. The van der Waals surface area contributed by atoms with Gasteiger partial charge in [-0.1, -0.05) is 26.0 Å². The summed E-state index contributed by atoms with van der Waals surface area (Å²) in [5.74, 6) is 1.90. The Hall–Kier alpha value is -1.35. The number of benzene rings is 1. The van der Waals surface area contributed by atoms with Crippen LogP contribution >= 0.6 is 0 Å². The van der Waals surface area contributed by atoms with Crippen LogP contribution in [0.4, 0.5) is 0 Å². The van der Waals surface area contributed by atoms with Crippen molar-refractivity contribution in [2.75, 3.05) is 6.54 Å². The number of aromatic nitrogens is 2. The highest BCUT2D eigenvalue weighted by molar-refractivity contribution is 5.75. The molecule has 1 atom stereocenters. The second-order valence-electron chi connectivity index (χ2n) is 6.64. The molecule has 1 unspecified atom stereocenters. The van der Waals surface area contributed by atoms with Crippen molar-refractivity contribution in [1.29, 1.82) is 0 Å². The lowest BCUT2D eigenvalue weighted by atomic mass is 9.92. The quantitative estimate of drug-likeness (QED) is 0.899. The molecule has 1 aliphatic carbocycles. The van der Waals surface area contributed by atoms with Crippen LogP contribution in [0.25, 0.3) is 11.0 Å². The van der Waals surface area contributed by atoms with Gasteiger partial charge in [0.2, 0.25) is 0 Å². The molecule has 1 saturated carbocycles. The van der Waals surface area contributed by atoms with Gasteiger partial charge < -0.3 is 9.88 Å². The summed E-state index contributed by atoms with van der Waals surface area (Å²) < 4.78 is 2.21. The van der Waals surface area contributed by atoms with Gasteiger partial charge in [-0.3, -0.25) is 0 Å². The number of rotatable bonds is 5. The van der Waals surface area contributed by atoms with E-state index in [1.807, 2.05) is 0 Å². The van der Waals surface area contributed by atoms with Crippen molar-refractivity contribution >= 4 is 11.0 Å². The smallest absolute Gasteiger partial charge is 0.126 e. The van der Waals surface area contributed by atoms with E-state index in [9.17, 15) is 0 Å². The van der Waals surface area contributed by atoms with Gasteiger partial charge >= 0.3 is 0 Å². The van der Waals surface area contributed by atoms with Gasteiger partial charge in [0.15, 0.2) is 0 Å². The van der Waals surface area contributed by atoms with Crippen LogP contribution < -0.4 is 5.32 Å². The van der Waals surface area contributed by atoms with Crippen LogP contribution in [-0.4, -0.2) is 16.1 Å². The standard InChI is InChI=1S/C17H25N3/c1-12(2)17(9-10-17)11-18-13(3)16-19-14-7-5-6-8-15(14)20(16)4/h5-8,12-13,18H,9-11H2,1-4H3. The van der Waals surface area contributed by atoms with Crippen LogP contribution in [-0.2, 0) is 7.05 Å². The Morgan fingerprint density at radius 1 is 1.25 bits per heavy atom. The van der Waals surface area contributed by atoms with Crippen molar-refractivity contribution in [3.8, 4) is 0 Å². The highest BCUT2D eigenvalue weighted by Gasteiger charge is 2.45. The molecule has 3 rings (SSSR count). The summed E-state index contributed by atoms with van der Waals surface area (Å²) in [4.78, 5) is 4.78. The highest BCUT2D eigenvalue weighted by Crippen LogP contribution is 2.51. The molecule has 2 aromatic rings. The molecule has 0 radical (unpaired) electrons. The predicted molar refractivity (Wildman–Crippen MR) is 83.6 cm³/mol. The minimum atomic E-state index is 0.295. The van der Waals surface area contributed by atoms with E-state index in [0.717, 1.165) is 23.8 Å². The second-order valence-corrected chi connectivity index (χ2v) is 6.64. The molecule has 1 N–H and O–H groups in total. The normalized spacial score (nSPS) is 18.6. The Kier molecular flexibility index (Phi) is 3.33. The predicted octanol–water partition coefficient (Wildman–Crippen LogP) is 3.66. The van der Waals surface area contributed by atoms with Gasteiger partial charge in [-0.25, -0.2) is 4.98 Å². The average Bonchev–Trinajstić information content (AvgIpc) is 3.16. The van der Waals surface area contributed by atoms with Gasteiger partial charge in [-0.2, -0.15) is 0 Å². The second kappa shape index (κ2) is 4.88. The van der Waals surface area contributed by atoms with Crippen molar-refractivity contribution in [3.63, 3.8) is 0 Å². The number of imidazole rings is 1. The van der Waals surface area contributed by atoms with Crippen LogP contribution in [0.1, 0.15) is 45.5 Å². The zero-order valence-corrected chi connectivity index (χ0v) is 13.0. The number of aryl methyl sites for hydroxylation is 1. The van der Waals surface area contributed by atoms with E-state index < -0.39 is 0 Å². The summed E-state index contributed by atoms with van der Waals surface area (Å²) in [5, 5.41) is 3.70. The maximum absolute atomic E-state index is 4.78. The molecular weight excluding hydrogens is 246 g/mol. The van der Waals surface area contributed by atoms with E-state index in [4.69, 9.17) is 4.98 Å². The third kappa shape index (κ3) is 2.24. The minimum absolute atomic E-state index is 0.295. The molecule has 3 heteroatoms. The minimum Gasteiger partial charge on any atom is -0.330 e. The largest absolute Gasteiger partial charge is 0.330 e. The third-order valence-electron chi connectivity index (χ3n) is 5.09. The molecule has 20 heavy (non-hydrogen) atoms. The van der Waals surface area contributed by atoms with Crippen molar-refractivity contribution in [1.82, 2.24) is 14.9 Å². The van der Waals surface area contributed by atoms with Crippen molar-refractivity contribution < 1.29 is 0 Å². The SMILES string of the molecule is CC(NCC1(C(C)C)CC1)c1nc2ccccc2n1C. The van der Waals surface area contributed by atoms with E-state index in [1.54, 1.807) is 0 Å². The van der Waals surface area contributed by atoms with Crippen LogP contribution in [0, 0.1) is 11.3 Å². The first-order valence-electron chi connectivity index (χ1n) is 7.68. The Labute approximate surface area is 121 Å². The number of hydrogen-bond acceptors (Lipinski definition) is 2. The van der Waals surface area contributed by atoms with Gasteiger partial charge in [-0.15, -0.1) is 0 Å². The van der Waals surface area contributed by atoms with Crippen molar-refractivity contribution in [3.05, 3.63) is 30.1 Å². The van der Waals surface area contributed by atoms with E-state index in [0.29, 0.717) is 11.5 Å². The van der Waals surface area contributed by atoms with Gasteiger partial charge in [-0.05, 0) is 43.2 Å². The van der Waals surface area contributed by atoms with Crippen LogP contribution in [0.15, 0.2) is 24.3 Å². The number of nitrogens with one attached hydrogen (secondary N) is 1. The van der Waals surface area contributed by atoms with E-state index >= 15 is 0 Å². The summed E-state index contributed by atoms with van der Waals surface area (Å²) in [5.41, 5.74) is 2.84. The topological polar surface area (TPSA) is 29.9 Å². The van der Waals surface area contributed by atoms with E-state index in [-0.39, 0.29) is 0 Å². The number of nitrogens with zero attached hydrogens (tertiary/aromatic N) is 2. The maximum Gasteiger partial charge on any atom is 0.126 e. The number of hydrogen-bond donors (Lipinski definition) is 1. The molecule has 0 amide bonds. The first-order chi connectivity index (χ1) is 9.53. The molecule has 1 aromatic carbocycles. The zero-order chi connectivity index (χ0) is 14.3. The fraction of sp³-hybridized carbons (Fsp3) is 0.588. The Morgan fingerprint density at radius 3 is 2.55 bits per heavy atom. The Balaban J connectivity index is 1.76. The first kappa shape index (κ1) is 13.6. The lowest BCUT2D eigenvalue weighted by Crippen LogP contribution is -2.30. The molecule has 0 spiro atoms. The summed E-state index contributed by atoms with van der Waals surface area (Å²) >= 11 is 0. The van der Waals surface area contributed by atoms with Gasteiger partial charge in [0.05, 0.1) is 17.1 Å². The number of fused-ring (bicyclic) bond motifs is 1. The molecule has 1 heterocycles. The first-order valence-corrected chi connectivity index (χ1v) is 7.68. The number of para-hydroxylation sites is 2. The molecule has 3 nitrogen and oxygen atoms in total. The maximum atomic E-state index is 4.78. The molecule has 108 valence electrons. The van der Waals surface area contributed by atoms with Crippen molar-refractivity contribution in [2.24, 2.45) is 18.4 Å². The average molecular weight is 271 g/mol. The lowest BCUT2D eigenvalue weighted by Gasteiger charge is -2.23. The van der Waals surface area contributed by atoms with Crippen LogP contribution in [0.2, 0.25) is 0 Å². The molecule has 1 aliphatic rings. The van der Waals surface area contributed by atoms with Gasteiger partial charge in [0.25, 0.3) is 0 Å². The molecule has 1 fully saturated rings. The third-order valence-corrected chi connectivity index (χ3v) is 5.09. The molecular formula is C17H25N3. The summed E-state index contributed by atoms with van der Waals surface area (Å²) in [7, 11) is 2.11. The Morgan fingerprint density at radius 2 is 1.95 bits per heavy atom. The monoisotopic (exact) mass is 271 g/mol. The fourth-order valence-electron chi connectivity index (χ4n) is 3.12. The molecule has 1 aromatic heterocycles. The Bertz CT molecular complexity index is 608. The summed E-state index contributed by atoms with van der Waals surface area (Å²) in [6.07, 6.45) is 2.74. The molecule has 0 bridgehead atoms. The van der Waals surface area contributed by atoms with Crippen molar-refractivity contribution in [2.45, 2.75) is 39.7 Å². The van der Waals surface area contributed by atoms with E-state index in [2.05, 4.69) is 62.0 Å².